The lowest BCUT2D eigenvalue weighted by atomic mass is 10.2. The quantitative estimate of drug-likeness (QED) is 0.364. The third-order valence-electron chi connectivity index (χ3n) is 3.54. The fourth-order valence-electron chi connectivity index (χ4n) is 2.40. The minimum absolute atomic E-state index is 0. The number of guanidine groups is 1. The van der Waals surface area contributed by atoms with Crippen LogP contribution in [0.1, 0.15) is 32.2 Å². The maximum Gasteiger partial charge on any atom is 0.191 e. The van der Waals surface area contributed by atoms with Crippen LogP contribution >= 0.6 is 24.0 Å². The van der Waals surface area contributed by atoms with E-state index in [1.54, 1.807) is 6.20 Å². The average molecular weight is 477 g/mol. The molecule has 1 heterocycles. The van der Waals surface area contributed by atoms with E-state index >= 15 is 0 Å². The molecule has 0 saturated heterocycles. The summed E-state index contributed by atoms with van der Waals surface area (Å²) in [5, 5.41) is 6.28. The summed E-state index contributed by atoms with van der Waals surface area (Å²) in [6.45, 7) is 8.35. The van der Waals surface area contributed by atoms with Crippen molar-refractivity contribution < 1.29 is 8.78 Å². The van der Waals surface area contributed by atoms with Gasteiger partial charge in [-0.15, -0.1) is 24.0 Å². The monoisotopic (exact) mass is 477 g/mol. The van der Waals surface area contributed by atoms with Crippen molar-refractivity contribution in [1.29, 1.82) is 0 Å². The first-order chi connectivity index (χ1) is 12.0. The highest BCUT2D eigenvalue weighted by atomic mass is 127. The molecule has 0 saturated carbocycles. The lowest BCUT2D eigenvalue weighted by molar-refractivity contribution is 0.503. The van der Waals surface area contributed by atoms with Crippen LogP contribution in [0.15, 0.2) is 35.6 Å². The van der Waals surface area contributed by atoms with Crippen LogP contribution in [0.4, 0.5) is 8.78 Å². The molecular formula is C18H26F2IN5. The zero-order chi connectivity index (χ0) is 18.2. The van der Waals surface area contributed by atoms with Crippen molar-refractivity contribution in [3.63, 3.8) is 0 Å². The maximum atomic E-state index is 13.7. The number of imidazole rings is 1. The Morgan fingerprint density at radius 2 is 2.04 bits per heavy atom. The number of halogens is 3. The Morgan fingerprint density at radius 3 is 2.73 bits per heavy atom. The van der Waals surface area contributed by atoms with Gasteiger partial charge in [-0.2, -0.15) is 0 Å². The summed E-state index contributed by atoms with van der Waals surface area (Å²) < 4.78 is 29.0. The molecule has 26 heavy (non-hydrogen) atoms. The lowest BCUT2D eigenvalue weighted by Gasteiger charge is -2.14. The molecule has 2 rings (SSSR count). The first-order valence-corrected chi connectivity index (χ1v) is 8.45. The molecule has 0 radical (unpaired) electrons. The predicted molar refractivity (Wildman–Crippen MR) is 110 cm³/mol. The third-order valence-corrected chi connectivity index (χ3v) is 3.54. The van der Waals surface area contributed by atoms with Gasteiger partial charge < -0.3 is 15.2 Å². The van der Waals surface area contributed by atoms with Gasteiger partial charge in [0.05, 0.1) is 13.1 Å². The molecule has 0 spiro atoms. The van der Waals surface area contributed by atoms with Crippen LogP contribution in [0.25, 0.3) is 0 Å². The summed E-state index contributed by atoms with van der Waals surface area (Å²) >= 11 is 0. The van der Waals surface area contributed by atoms with E-state index in [2.05, 4.69) is 39.0 Å². The van der Waals surface area contributed by atoms with Gasteiger partial charge in [-0.3, -0.25) is 0 Å². The SMILES string of the molecule is CCNC(=NCc1cc(F)ccc1F)NCc1nccn1CC(C)C.I. The van der Waals surface area contributed by atoms with E-state index in [1.165, 1.54) is 0 Å². The molecule has 5 nitrogen and oxygen atoms in total. The van der Waals surface area contributed by atoms with Crippen molar-refractivity contribution >= 4 is 29.9 Å². The van der Waals surface area contributed by atoms with Crippen molar-refractivity contribution in [3.8, 4) is 0 Å². The van der Waals surface area contributed by atoms with Crippen LogP contribution in [-0.4, -0.2) is 22.1 Å². The van der Waals surface area contributed by atoms with Crippen LogP contribution in [-0.2, 0) is 19.6 Å². The maximum absolute atomic E-state index is 13.7. The fraction of sp³-hybridized carbons (Fsp3) is 0.444. The first kappa shape index (κ1) is 22.3. The average Bonchev–Trinajstić information content (AvgIpc) is 2.99. The van der Waals surface area contributed by atoms with E-state index in [0.29, 0.717) is 25.0 Å². The van der Waals surface area contributed by atoms with Crippen LogP contribution < -0.4 is 10.6 Å². The molecular weight excluding hydrogens is 451 g/mol. The second kappa shape index (κ2) is 11.1. The van der Waals surface area contributed by atoms with E-state index in [9.17, 15) is 8.78 Å². The van der Waals surface area contributed by atoms with E-state index in [4.69, 9.17) is 0 Å². The number of hydrogen-bond acceptors (Lipinski definition) is 2. The molecule has 144 valence electrons. The molecule has 0 bridgehead atoms. The molecule has 1 aromatic heterocycles. The van der Waals surface area contributed by atoms with Crippen molar-refractivity contribution in [2.24, 2.45) is 10.9 Å². The number of aliphatic imine (C=N–C) groups is 1. The van der Waals surface area contributed by atoms with Gasteiger partial charge in [0, 0.05) is 31.0 Å². The summed E-state index contributed by atoms with van der Waals surface area (Å²) in [6, 6.07) is 3.38. The lowest BCUT2D eigenvalue weighted by Crippen LogP contribution is -2.37. The van der Waals surface area contributed by atoms with Crippen LogP contribution in [0.2, 0.25) is 0 Å². The Balaban J connectivity index is 0.00000338. The number of rotatable bonds is 7. The van der Waals surface area contributed by atoms with Crippen molar-refractivity contribution in [2.75, 3.05) is 6.54 Å². The number of hydrogen-bond donors (Lipinski definition) is 2. The molecule has 0 unspecified atom stereocenters. The van der Waals surface area contributed by atoms with Gasteiger partial charge >= 0.3 is 0 Å². The van der Waals surface area contributed by atoms with Gasteiger partial charge in [0.2, 0.25) is 0 Å². The van der Waals surface area contributed by atoms with Gasteiger partial charge in [0.15, 0.2) is 5.96 Å². The fourth-order valence-corrected chi connectivity index (χ4v) is 2.40. The Hall–Kier alpha value is -1.71. The van der Waals surface area contributed by atoms with Gasteiger partial charge in [0.25, 0.3) is 0 Å². The second-order valence-electron chi connectivity index (χ2n) is 6.17. The minimum Gasteiger partial charge on any atom is -0.357 e. The summed E-state index contributed by atoms with van der Waals surface area (Å²) in [6.07, 6.45) is 3.72. The van der Waals surface area contributed by atoms with Crippen molar-refractivity contribution in [2.45, 2.75) is 40.4 Å². The smallest absolute Gasteiger partial charge is 0.191 e. The standard InChI is InChI=1S/C18H25F2N5.HI/c1-4-21-18(23-10-14-9-15(19)5-6-16(14)20)24-11-17-22-7-8-25(17)12-13(2)3;/h5-9,13H,4,10-12H2,1-3H3,(H2,21,23,24);1H. The van der Waals surface area contributed by atoms with E-state index in [1.807, 2.05) is 13.1 Å². The normalized spacial score (nSPS) is 11.4. The second-order valence-corrected chi connectivity index (χ2v) is 6.17. The van der Waals surface area contributed by atoms with E-state index in [-0.39, 0.29) is 36.1 Å². The van der Waals surface area contributed by atoms with Crippen LogP contribution in [0.5, 0.6) is 0 Å². The summed E-state index contributed by atoms with van der Waals surface area (Å²) in [4.78, 5) is 8.68. The molecule has 2 N–H and O–H groups in total. The highest BCUT2D eigenvalue weighted by molar-refractivity contribution is 14.0. The van der Waals surface area contributed by atoms with Gasteiger partial charge in [0.1, 0.15) is 17.5 Å². The van der Waals surface area contributed by atoms with Gasteiger partial charge in [-0.05, 0) is 31.0 Å². The first-order valence-electron chi connectivity index (χ1n) is 8.45. The zero-order valence-corrected chi connectivity index (χ0v) is 17.6. The summed E-state index contributed by atoms with van der Waals surface area (Å²) in [7, 11) is 0. The van der Waals surface area contributed by atoms with Crippen molar-refractivity contribution in [3.05, 3.63) is 53.6 Å². The number of benzene rings is 1. The molecule has 8 heteroatoms. The van der Waals surface area contributed by atoms with Gasteiger partial charge in [-0.25, -0.2) is 18.8 Å². The number of aromatic nitrogens is 2. The highest BCUT2D eigenvalue weighted by Crippen LogP contribution is 2.10. The van der Waals surface area contributed by atoms with E-state index < -0.39 is 11.6 Å². The molecule has 0 atom stereocenters. The largest absolute Gasteiger partial charge is 0.357 e. The van der Waals surface area contributed by atoms with Crippen LogP contribution in [0.3, 0.4) is 0 Å². The third kappa shape index (κ3) is 6.89. The zero-order valence-electron chi connectivity index (χ0n) is 15.3. The number of nitrogens with zero attached hydrogens (tertiary/aromatic N) is 3. The molecule has 0 amide bonds. The highest BCUT2D eigenvalue weighted by Gasteiger charge is 2.07. The summed E-state index contributed by atoms with van der Waals surface area (Å²) in [5.41, 5.74) is 0.221. The van der Waals surface area contributed by atoms with E-state index in [0.717, 1.165) is 30.6 Å². The molecule has 1 aromatic carbocycles. The van der Waals surface area contributed by atoms with Crippen molar-refractivity contribution in [1.82, 2.24) is 20.2 Å². The predicted octanol–water partition coefficient (Wildman–Crippen LogP) is 3.69. The molecule has 0 aliphatic carbocycles. The van der Waals surface area contributed by atoms with Gasteiger partial charge in [-0.1, -0.05) is 13.8 Å². The number of nitrogens with one attached hydrogen (secondary N) is 2. The Bertz CT molecular complexity index is 715. The molecule has 0 fully saturated rings. The summed E-state index contributed by atoms with van der Waals surface area (Å²) in [5.74, 6) is 1.01. The molecule has 0 aliphatic heterocycles. The topological polar surface area (TPSA) is 54.2 Å². The molecule has 0 aliphatic rings. The minimum atomic E-state index is -0.472. The Morgan fingerprint density at radius 1 is 1.27 bits per heavy atom. The Kier molecular flexibility index (Phi) is 9.53. The van der Waals surface area contributed by atoms with Crippen LogP contribution in [0, 0.1) is 17.6 Å². The Labute approximate surface area is 170 Å². The molecule has 2 aromatic rings.